The molecule has 0 unspecified atom stereocenters. The molecule has 0 atom stereocenters. The number of nitriles is 1. The van der Waals surface area contributed by atoms with E-state index >= 15 is 4.39 Å². The summed E-state index contributed by atoms with van der Waals surface area (Å²) < 4.78 is 33.0. The number of hydrogen-bond donors (Lipinski definition) is 0. The lowest BCUT2D eigenvalue weighted by Crippen LogP contribution is -2.50. The van der Waals surface area contributed by atoms with Crippen molar-refractivity contribution in [3.05, 3.63) is 42.0 Å². The second-order valence-electron chi connectivity index (χ2n) is 10.5. The normalized spacial score (nSPS) is 14.0. The SMILES string of the molecule is COCOc1c(-c2nc(C#N)c3cc(N4CCN(C(=O)OC(C)(C)C)CC4)ccc3n2)cc2cn(C)nc2c1F. The quantitative estimate of drug-likeness (QED) is 0.338. The Morgan fingerprint density at radius 1 is 1.15 bits per heavy atom. The van der Waals surface area contributed by atoms with Gasteiger partial charge in [0.25, 0.3) is 0 Å². The number of aromatic nitrogens is 4. The van der Waals surface area contributed by atoms with E-state index in [2.05, 4.69) is 26.0 Å². The molecule has 1 aliphatic heterocycles. The summed E-state index contributed by atoms with van der Waals surface area (Å²) in [6.07, 6.45) is 1.36. The largest absolute Gasteiger partial charge is 0.464 e. The van der Waals surface area contributed by atoms with Gasteiger partial charge in [-0.25, -0.2) is 19.2 Å². The molecule has 1 aliphatic rings. The van der Waals surface area contributed by atoms with Crippen molar-refractivity contribution in [3.8, 4) is 23.2 Å². The first kappa shape index (κ1) is 27.1. The molecule has 0 radical (unpaired) electrons. The van der Waals surface area contributed by atoms with Crippen LogP contribution in [0.3, 0.4) is 0 Å². The number of benzene rings is 2. The van der Waals surface area contributed by atoms with Gasteiger partial charge in [-0.1, -0.05) is 0 Å². The van der Waals surface area contributed by atoms with E-state index in [9.17, 15) is 10.1 Å². The Morgan fingerprint density at radius 2 is 1.90 bits per heavy atom. The number of carbonyl (C=O) groups excluding carboxylic acids is 1. The van der Waals surface area contributed by atoms with E-state index in [1.165, 1.54) is 11.8 Å². The van der Waals surface area contributed by atoms with Crippen molar-refractivity contribution in [3.63, 3.8) is 0 Å². The Balaban J connectivity index is 1.47. The van der Waals surface area contributed by atoms with E-state index in [1.807, 2.05) is 39.0 Å². The second-order valence-corrected chi connectivity index (χ2v) is 10.5. The molecule has 0 bridgehead atoms. The zero-order valence-corrected chi connectivity index (χ0v) is 23.1. The molecule has 3 heterocycles. The number of anilines is 1. The maximum Gasteiger partial charge on any atom is 0.410 e. The first-order valence-corrected chi connectivity index (χ1v) is 12.8. The summed E-state index contributed by atoms with van der Waals surface area (Å²) in [5.41, 5.74) is 1.45. The van der Waals surface area contributed by atoms with Crippen LogP contribution in [0.2, 0.25) is 0 Å². The minimum atomic E-state index is -0.659. The lowest BCUT2D eigenvalue weighted by molar-refractivity contribution is 0.0240. The third kappa shape index (κ3) is 5.33. The Kier molecular flexibility index (Phi) is 7.16. The number of carbonyl (C=O) groups is 1. The van der Waals surface area contributed by atoms with Crippen LogP contribution >= 0.6 is 0 Å². The smallest absolute Gasteiger partial charge is 0.410 e. The third-order valence-electron chi connectivity index (χ3n) is 6.45. The van der Waals surface area contributed by atoms with E-state index < -0.39 is 11.4 Å². The van der Waals surface area contributed by atoms with Crippen LogP contribution in [-0.2, 0) is 16.5 Å². The molecule has 1 amide bonds. The summed E-state index contributed by atoms with van der Waals surface area (Å²) in [4.78, 5) is 25.4. The highest BCUT2D eigenvalue weighted by Gasteiger charge is 2.27. The fourth-order valence-electron chi connectivity index (χ4n) is 4.65. The molecule has 0 N–H and O–H groups in total. The lowest BCUT2D eigenvalue weighted by Gasteiger charge is -2.36. The van der Waals surface area contributed by atoms with Crippen LogP contribution in [0, 0.1) is 17.1 Å². The van der Waals surface area contributed by atoms with Crippen LogP contribution in [0.25, 0.3) is 33.2 Å². The molecule has 2 aromatic heterocycles. The van der Waals surface area contributed by atoms with Gasteiger partial charge in [0, 0.05) is 63.0 Å². The number of ether oxygens (including phenoxy) is 3. The van der Waals surface area contributed by atoms with Gasteiger partial charge in [0.1, 0.15) is 17.2 Å². The molecule has 1 saturated heterocycles. The number of aryl methyl sites for hydroxylation is 1. The number of methoxy groups -OCH3 is 1. The fourth-order valence-corrected chi connectivity index (χ4v) is 4.65. The van der Waals surface area contributed by atoms with E-state index in [-0.39, 0.29) is 41.2 Å². The summed E-state index contributed by atoms with van der Waals surface area (Å²) >= 11 is 0. The average molecular weight is 548 g/mol. The predicted octanol–water partition coefficient (Wildman–Crippen LogP) is 4.23. The highest BCUT2D eigenvalue weighted by Crippen LogP contribution is 2.37. The van der Waals surface area contributed by atoms with Crippen molar-refractivity contribution in [2.45, 2.75) is 26.4 Å². The standard InChI is InChI=1S/C28H30FN7O4/c1-28(2,3)40-27(37)36-10-8-35(9-11-36)18-6-7-21-19(13-18)22(14-30)32-26(31-21)20-12-17-15-34(4)33-24(17)23(29)25(20)39-16-38-5/h6-7,12-13,15H,8-11,16H2,1-5H3. The predicted molar refractivity (Wildman–Crippen MR) is 146 cm³/mol. The summed E-state index contributed by atoms with van der Waals surface area (Å²) in [7, 11) is 3.14. The fraction of sp³-hybridized carbons (Fsp3) is 0.393. The number of fused-ring (bicyclic) bond motifs is 2. The average Bonchev–Trinajstić information content (AvgIpc) is 3.31. The Bertz CT molecular complexity index is 1630. The molecule has 208 valence electrons. The lowest BCUT2D eigenvalue weighted by atomic mass is 10.1. The monoisotopic (exact) mass is 547 g/mol. The number of piperazine rings is 1. The molecule has 12 heteroatoms. The first-order valence-electron chi connectivity index (χ1n) is 12.8. The molecule has 1 fully saturated rings. The molecule has 40 heavy (non-hydrogen) atoms. The topological polar surface area (TPSA) is 119 Å². The van der Waals surface area contributed by atoms with Gasteiger partial charge in [-0.3, -0.25) is 4.68 Å². The van der Waals surface area contributed by atoms with E-state index in [0.717, 1.165) is 5.69 Å². The molecular weight excluding hydrogens is 517 g/mol. The first-order chi connectivity index (χ1) is 19.1. The highest BCUT2D eigenvalue weighted by molar-refractivity contribution is 5.91. The Labute approximate surface area is 230 Å². The third-order valence-corrected chi connectivity index (χ3v) is 6.45. The van der Waals surface area contributed by atoms with Crippen LogP contribution in [0.1, 0.15) is 26.5 Å². The van der Waals surface area contributed by atoms with Gasteiger partial charge in [0.2, 0.25) is 0 Å². The number of nitrogens with zero attached hydrogens (tertiary/aromatic N) is 7. The Hall–Kier alpha value is -4.50. The van der Waals surface area contributed by atoms with Crippen molar-refractivity contribution in [1.82, 2.24) is 24.6 Å². The second kappa shape index (κ2) is 10.6. The molecule has 5 rings (SSSR count). The maximum atomic E-state index is 15.5. The van der Waals surface area contributed by atoms with Crippen LogP contribution < -0.4 is 9.64 Å². The zero-order chi connectivity index (χ0) is 28.6. The maximum absolute atomic E-state index is 15.5. The van der Waals surface area contributed by atoms with Gasteiger partial charge in [0.15, 0.2) is 29.9 Å². The molecule has 2 aromatic carbocycles. The molecule has 0 spiro atoms. The minimum Gasteiger partial charge on any atom is -0.464 e. The van der Waals surface area contributed by atoms with Crippen molar-refractivity contribution < 1.29 is 23.4 Å². The number of halogens is 1. The van der Waals surface area contributed by atoms with Gasteiger partial charge in [0.05, 0.1) is 11.1 Å². The van der Waals surface area contributed by atoms with Gasteiger partial charge < -0.3 is 24.0 Å². The highest BCUT2D eigenvalue weighted by atomic mass is 19.1. The van der Waals surface area contributed by atoms with Crippen molar-refractivity contribution >= 4 is 33.6 Å². The van der Waals surface area contributed by atoms with E-state index in [4.69, 9.17) is 14.2 Å². The molecular formula is C28H30FN7O4. The van der Waals surface area contributed by atoms with Crippen LogP contribution in [0.15, 0.2) is 30.5 Å². The van der Waals surface area contributed by atoms with Crippen LogP contribution in [0.5, 0.6) is 5.75 Å². The van der Waals surface area contributed by atoms with Crippen LogP contribution in [0.4, 0.5) is 14.9 Å². The van der Waals surface area contributed by atoms with Gasteiger partial charge in [-0.2, -0.15) is 10.4 Å². The van der Waals surface area contributed by atoms with Crippen LogP contribution in [-0.4, -0.2) is 76.4 Å². The molecule has 11 nitrogen and oxygen atoms in total. The van der Waals surface area contributed by atoms with Crippen molar-refractivity contribution in [2.75, 3.05) is 45.0 Å². The van der Waals surface area contributed by atoms with Crippen molar-refractivity contribution in [2.24, 2.45) is 7.05 Å². The summed E-state index contributed by atoms with van der Waals surface area (Å²) in [5.74, 6) is -0.609. The molecule has 0 aliphatic carbocycles. The number of rotatable bonds is 5. The Morgan fingerprint density at radius 3 is 2.58 bits per heavy atom. The minimum absolute atomic E-state index is 0.101. The number of amides is 1. The summed E-state index contributed by atoms with van der Waals surface area (Å²) in [5, 5.41) is 15.3. The van der Waals surface area contributed by atoms with Gasteiger partial charge in [-0.15, -0.1) is 0 Å². The molecule has 4 aromatic rings. The number of hydrogen-bond acceptors (Lipinski definition) is 9. The zero-order valence-electron chi connectivity index (χ0n) is 23.1. The summed E-state index contributed by atoms with van der Waals surface area (Å²) in [6.45, 7) is 7.59. The van der Waals surface area contributed by atoms with Crippen molar-refractivity contribution in [1.29, 1.82) is 5.26 Å². The van der Waals surface area contributed by atoms with Gasteiger partial charge in [-0.05, 0) is 45.0 Å². The van der Waals surface area contributed by atoms with E-state index in [0.29, 0.717) is 42.5 Å². The van der Waals surface area contributed by atoms with Gasteiger partial charge >= 0.3 is 6.09 Å². The summed E-state index contributed by atoms with van der Waals surface area (Å²) in [6, 6.07) is 9.44. The molecule has 0 saturated carbocycles. The van der Waals surface area contributed by atoms with E-state index in [1.54, 1.807) is 24.2 Å².